The lowest BCUT2D eigenvalue weighted by atomic mass is 10.2. The normalized spacial score (nSPS) is 13.0. The summed E-state index contributed by atoms with van der Waals surface area (Å²) in [5.74, 6) is 0. The van der Waals surface area contributed by atoms with Crippen LogP contribution in [0.2, 0.25) is 0 Å². The molecule has 118 valence electrons. The Balaban J connectivity index is 0.00000220. The number of rotatable bonds is 4. The van der Waals surface area contributed by atoms with Crippen LogP contribution in [0.1, 0.15) is 23.0 Å². The summed E-state index contributed by atoms with van der Waals surface area (Å²) in [6, 6.07) is 4.15. The molecule has 0 saturated carbocycles. The summed E-state index contributed by atoms with van der Waals surface area (Å²) in [4.78, 5) is 1.44. The molecule has 0 aliphatic rings. The number of thiophene rings is 1. The molecule has 1 unspecified atom stereocenters. The summed E-state index contributed by atoms with van der Waals surface area (Å²) in [6.07, 6.45) is -4.01. The van der Waals surface area contributed by atoms with Crippen LogP contribution in [0, 0.1) is 0 Å². The molecule has 3 N–H and O–H groups in total. The van der Waals surface area contributed by atoms with Gasteiger partial charge in [0.1, 0.15) is 11.4 Å². The molecule has 9 heteroatoms. The number of alkyl halides is 3. The van der Waals surface area contributed by atoms with E-state index in [1.54, 1.807) is 12.1 Å². The lowest BCUT2D eigenvalue weighted by Gasteiger charge is -2.05. The van der Waals surface area contributed by atoms with Gasteiger partial charge in [-0.15, -0.1) is 23.7 Å². The molecule has 4 nitrogen and oxygen atoms in total. The summed E-state index contributed by atoms with van der Waals surface area (Å²) in [5, 5.41) is 12.7. The highest BCUT2D eigenvalue weighted by molar-refractivity contribution is 7.15. The number of aryl methyl sites for hydroxylation is 1. The fourth-order valence-corrected chi connectivity index (χ4v) is 2.82. The first-order chi connectivity index (χ1) is 9.32. The highest BCUT2D eigenvalue weighted by Crippen LogP contribution is 2.35. The molecule has 0 fully saturated rings. The number of halogens is 4. The SMILES string of the molecule is Cl.Cn1nc(-c2ccc(C(N)CCO)s2)cc1C(F)(F)F. The Bertz CT molecular complexity index is 597. The third kappa shape index (κ3) is 3.97. The fraction of sp³-hybridized carbons (Fsp3) is 0.417. The number of hydrogen-bond donors (Lipinski definition) is 2. The van der Waals surface area contributed by atoms with Gasteiger partial charge in [-0.2, -0.15) is 18.3 Å². The molecule has 0 radical (unpaired) electrons. The van der Waals surface area contributed by atoms with E-state index in [1.807, 2.05) is 0 Å². The van der Waals surface area contributed by atoms with Crippen LogP contribution < -0.4 is 5.73 Å². The molecule has 0 aromatic carbocycles. The molecule has 2 rings (SSSR count). The van der Waals surface area contributed by atoms with E-state index in [1.165, 1.54) is 18.4 Å². The van der Waals surface area contributed by atoms with Crippen molar-refractivity contribution < 1.29 is 18.3 Å². The molecule has 0 amide bonds. The summed E-state index contributed by atoms with van der Waals surface area (Å²) >= 11 is 1.29. The topological polar surface area (TPSA) is 64.1 Å². The van der Waals surface area contributed by atoms with Gasteiger partial charge in [0.2, 0.25) is 0 Å². The van der Waals surface area contributed by atoms with E-state index in [0.717, 1.165) is 15.6 Å². The monoisotopic (exact) mass is 341 g/mol. The van der Waals surface area contributed by atoms with Crippen molar-refractivity contribution in [1.82, 2.24) is 9.78 Å². The fourth-order valence-electron chi connectivity index (χ4n) is 1.82. The molecule has 0 spiro atoms. The van der Waals surface area contributed by atoms with E-state index in [-0.39, 0.29) is 30.7 Å². The van der Waals surface area contributed by atoms with Crippen LogP contribution in [0.3, 0.4) is 0 Å². The van der Waals surface area contributed by atoms with Gasteiger partial charge in [-0.05, 0) is 24.6 Å². The molecular formula is C12H15ClF3N3OS. The van der Waals surface area contributed by atoms with E-state index in [9.17, 15) is 13.2 Å². The lowest BCUT2D eigenvalue weighted by molar-refractivity contribution is -0.143. The smallest absolute Gasteiger partial charge is 0.396 e. The van der Waals surface area contributed by atoms with Crippen molar-refractivity contribution in [3.8, 4) is 10.6 Å². The van der Waals surface area contributed by atoms with Crippen LogP contribution in [0.25, 0.3) is 10.6 Å². The van der Waals surface area contributed by atoms with Crippen LogP contribution in [0.15, 0.2) is 18.2 Å². The maximum absolute atomic E-state index is 12.7. The van der Waals surface area contributed by atoms with Crippen LogP contribution >= 0.6 is 23.7 Å². The van der Waals surface area contributed by atoms with Crippen molar-refractivity contribution in [2.75, 3.05) is 6.61 Å². The standard InChI is InChI=1S/C12H14F3N3OS.ClH/c1-18-11(12(13,14)15)6-8(17-18)10-3-2-9(20-10)7(16)4-5-19;/h2-3,6-7,19H,4-5,16H2,1H3;1H. The molecule has 2 heterocycles. The van der Waals surface area contributed by atoms with Gasteiger partial charge in [-0.1, -0.05) is 0 Å². The zero-order valence-corrected chi connectivity index (χ0v) is 12.7. The second kappa shape index (κ2) is 6.78. The number of aliphatic hydroxyl groups is 1. The summed E-state index contributed by atoms with van der Waals surface area (Å²) < 4.78 is 38.9. The molecule has 0 saturated heterocycles. The minimum absolute atomic E-state index is 0. The Morgan fingerprint density at radius 2 is 2.10 bits per heavy atom. The van der Waals surface area contributed by atoms with E-state index in [4.69, 9.17) is 10.8 Å². The predicted molar refractivity (Wildman–Crippen MR) is 77.4 cm³/mol. The maximum Gasteiger partial charge on any atom is 0.433 e. The number of aliphatic hydroxyl groups excluding tert-OH is 1. The zero-order valence-electron chi connectivity index (χ0n) is 11.1. The van der Waals surface area contributed by atoms with Gasteiger partial charge in [-0.3, -0.25) is 4.68 Å². The zero-order chi connectivity index (χ0) is 14.9. The molecule has 21 heavy (non-hydrogen) atoms. The van der Waals surface area contributed by atoms with Crippen LogP contribution in [-0.4, -0.2) is 21.5 Å². The van der Waals surface area contributed by atoms with E-state index in [0.29, 0.717) is 11.3 Å². The Kier molecular flexibility index (Phi) is 5.80. The van der Waals surface area contributed by atoms with Gasteiger partial charge in [0, 0.05) is 24.6 Å². The Hall–Kier alpha value is -1.09. The van der Waals surface area contributed by atoms with Gasteiger partial charge >= 0.3 is 6.18 Å². The predicted octanol–water partition coefficient (Wildman–Crippen LogP) is 2.97. The van der Waals surface area contributed by atoms with Gasteiger partial charge in [0.05, 0.1) is 4.88 Å². The summed E-state index contributed by atoms with van der Waals surface area (Å²) in [5.41, 5.74) is 5.33. The third-order valence-electron chi connectivity index (χ3n) is 2.86. The van der Waals surface area contributed by atoms with E-state index < -0.39 is 11.9 Å². The molecule has 2 aromatic heterocycles. The van der Waals surface area contributed by atoms with Gasteiger partial charge < -0.3 is 10.8 Å². The van der Waals surface area contributed by atoms with Crippen LogP contribution in [-0.2, 0) is 13.2 Å². The second-order valence-electron chi connectivity index (χ2n) is 4.36. The van der Waals surface area contributed by atoms with Crippen molar-refractivity contribution in [3.63, 3.8) is 0 Å². The number of nitrogens with zero attached hydrogens (tertiary/aromatic N) is 2. The first kappa shape index (κ1) is 18.0. The summed E-state index contributed by atoms with van der Waals surface area (Å²) in [7, 11) is 1.26. The molecule has 0 aliphatic carbocycles. The first-order valence-corrected chi connectivity index (χ1v) is 6.72. The molecule has 2 aromatic rings. The quantitative estimate of drug-likeness (QED) is 0.898. The number of hydrogen-bond acceptors (Lipinski definition) is 4. The van der Waals surface area contributed by atoms with Crippen molar-refractivity contribution in [2.45, 2.75) is 18.6 Å². The van der Waals surface area contributed by atoms with E-state index in [2.05, 4.69) is 5.10 Å². The average Bonchev–Trinajstić information content (AvgIpc) is 2.94. The summed E-state index contributed by atoms with van der Waals surface area (Å²) in [6.45, 7) is -0.0315. The molecule has 0 aliphatic heterocycles. The minimum atomic E-state index is -4.42. The minimum Gasteiger partial charge on any atom is -0.396 e. The lowest BCUT2D eigenvalue weighted by Crippen LogP contribution is -2.11. The van der Waals surface area contributed by atoms with Gasteiger partial charge in [0.25, 0.3) is 0 Å². The van der Waals surface area contributed by atoms with Crippen molar-refractivity contribution >= 4 is 23.7 Å². The van der Waals surface area contributed by atoms with E-state index >= 15 is 0 Å². The average molecular weight is 342 g/mol. The van der Waals surface area contributed by atoms with Crippen molar-refractivity contribution in [1.29, 1.82) is 0 Å². The Morgan fingerprint density at radius 1 is 1.43 bits per heavy atom. The third-order valence-corrected chi connectivity index (χ3v) is 4.09. The highest BCUT2D eigenvalue weighted by atomic mass is 35.5. The van der Waals surface area contributed by atoms with Crippen LogP contribution in [0.5, 0.6) is 0 Å². The van der Waals surface area contributed by atoms with Gasteiger partial charge in [0.15, 0.2) is 0 Å². The van der Waals surface area contributed by atoms with Gasteiger partial charge in [-0.25, -0.2) is 0 Å². The largest absolute Gasteiger partial charge is 0.433 e. The number of aromatic nitrogens is 2. The second-order valence-corrected chi connectivity index (χ2v) is 5.47. The Morgan fingerprint density at radius 3 is 2.62 bits per heavy atom. The molecule has 0 bridgehead atoms. The Labute approximate surface area is 129 Å². The number of nitrogens with two attached hydrogens (primary N) is 1. The maximum atomic E-state index is 12.7. The van der Waals surface area contributed by atoms with Crippen molar-refractivity contribution in [3.05, 3.63) is 28.8 Å². The first-order valence-electron chi connectivity index (χ1n) is 5.90. The van der Waals surface area contributed by atoms with Crippen molar-refractivity contribution in [2.24, 2.45) is 12.8 Å². The highest BCUT2D eigenvalue weighted by Gasteiger charge is 2.35. The molecule has 1 atom stereocenters. The van der Waals surface area contributed by atoms with Crippen LogP contribution in [0.4, 0.5) is 13.2 Å². The molecular weight excluding hydrogens is 327 g/mol.